The summed E-state index contributed by atoms with van der Waals surface area (Å²) >= 11 is 6.11. The lowest BCUT2D eigenvalue weighted by Crippen LogP contribution is -2.22. The number of fused-ring (bicyclic) bond motifs is 1. The van der Waals surface area contributed by atoms with Crippen molar-refractivity contribution in [2.45, 2.75) is 6.54 Å². The number of halogens is 1. The van der Waals surface area contributed by atoms with Gasteiger partial charge in [0, 0.05) is 41.3 Å². The van der Waals surface area contributed by atoms with Crippen LogP contribution in [-0.2, 0) is 11.3 Å². The smallest absolute Gasteiger partial charge is 0.326 e. The average molecular weight is 461 g/mol. The first-order valence-electron chi connectivity index (χ1n) is 9.93. The van der Waals surface area contributed by atoms with Gasteiger partial charge in [0.1, 0.15) is 17.3 Å². The number of nitrogens with one attached hydrogen (secondary N) is 4. The Kier molecular flexibility index (Phi) is 5.33. The molecule has 0 aliphatic carbocycles. The van der Waals surface area contributed by atoms with Crippen LogP contribution in [0, 0.1) is 0 Å². The van der Waals surface area contributed by atoms with Gasteiger partial charge in [0.15, 0.2) is 5.65 Å². The summed E-state index contributed by atoms with van der Waals surface area (Å²) in [6.45, 7) is 0.535. The Bertz CT molecular complexity index is 1400. The second kappa shape index (κ2) is 8.60. The van der Waals surface area contributed by atoms with E-state index in [1.165, 1.54) is 6.08 Å². The molecule has 1 aliphatic rings. The molecule has 1 aliphatic heterocycles. The molecule has 10 nitrogen and oxygen atoms in total. The standard InChI is InChI=1S/C22H17ClN8O2/c23-15-2-1-3-16(9-15)27-18-10-19(25-11-13-4-6-24-7-5-13)31-20(29-18)14(12-26-31)8-17-21(32)30-22(33)28-17/h1-10,12,25H,11H2,(H,27,29)(H2,28,30,32,33)/b17-8-. The SMILES string of the molecule is O=C1NC(=O)/C(=C/c2cnn3c(NCc4ccncc4)cc(Nc4cccc(Cl)c4)nc23)N1. The molecule has 4 N–H and O–H groups in total. The highest BCUT2D eigenvalue weighted by molar-refractivity contribution is 6.30. The number of carbonyl (C=O) groups is 2. The van der Waals surface area contributed by atoms with E-state index in [0.717, 1.165) is 11.3 Å². The van der Waals surface area contributed by atoms with Gasteiger partial charge in [-0.25, -0.2) is 9.78 Å². The monoisotopic (exact) mass is 460 g/mol. The van der Waals surface area contributed by atoms with E-state index in [2.05, 4.69) is 36.3 Å². The first kappa shape index (κ1) is 20.5. The number of hydrogen-bond acceptors (Lipinski definition) is 7. The highest BCUT2D eigenvalue weighted by Gasteiger charge is 2.23. The maximum atomic E-state index is 12.0. The first-order valence-corrected chi connectivity index (χ1v) is 10.3. The molecule has 0 atom stereocenters. The lowest BCUT2D eigenvalue weighted by Gasteiger charge is -2.12. The second-order valence-electron chi connectivity index (χ2n) is 7.17. The molecular weight excluding hydrogens is 444 g/mol. The van der Waals surface area contributed by atoms with Crippen molar-refractivity contribution in [3.63, 3.8) is 0 Å². The summed E-state index contributed by atoms with van der Waals surface area (Å²) in [7, 11) is 0. The molecular formula is C22H17ClN8O2. The van der Waals surface area contributed by atoms with Gasteiger partial charge in [-0.1, -0.05) is 17.7 Å². The summed E-state index contributed by atoms with van der Waals surface area (Å²) in [4.78, 5) is 32.1. The highest BCUT2D eigenvalue weighted by Crippen LogP contribution is 2.25. The van der Waals surface area contributed by atoms with E-state index in [4.69, 9.17) is 11.6 Å². The number of aromatic nitrogens is 4. The first-order chi connectivity index (χ1) is 16.0. The van der Waals surface area contributed by atoms with E-state index < -0.39 is 11.9 Å². The predicted molar refractivity (Wildman–Crippen MR) is 124 cm³/mol. The lowest BCUT2D eigenvalue weighted by molar-refractivity contribution is -0.115. The fourth-order valence-corrected chi connectivity index (χ4v) is 3.51. The van der Waals surface area contributed by atoms with Crippen LogP contribution in [0.2, 0.25) is 5.02 Å². The van der Waals surface area contributed by atoms with Gasteiger partial charge in [-0.15, -0.1) is 0 Å². The highest BCUT2D eigenvalue weighted by atomic mass is 35.5. The predicted octanol–water partition coefficient (Wildman–Crippen LogP) is 3.31. The van der Waals surface area contributed by atoms with Crippen molar-refractivity contribution in [1.29, 1.82) is 0 Å². The number of nitrogens with zero attached hydrogens (tertiary/aromatic N) is 4. The molecule has 3 aromatic heterocycles. The van der Waals surface area contributed by atoms with E-state index in [1.807, 2.05) is 30.3 Å². The minimum atomic E-state index is -0.571. The summed E-state index contributed by atoms with van der Waals surface area (Å²) in [5, 5.41) is 16.3. The third-order valence-electron chi connectivity index (χ3n) is 4.84. The zero-order chi connectivity index (χ0) is 22.8. The Labute approximate surface area is 192 Å². The van der Waals surface area contributed by atoms with Crippen molar-refractivity contribution in [2.24, 2.45) is 0 Å². The van der Waals surface area contributed by atoms with Gasteiger partial charge in [0.2, 0.25) is 0 Å². The third-order valence-corrected chi connectivity index (χ3v) is 5.07. The van der Waals surface area contributed by atoms with Crippen LogP contribution in [0.4, 0.5) is 22.1 Å². The van der Waals surface area contributed by atoms with Gasteiger partial charge >= 0.3 is 6.03 Å². The lowest BCUT2D eigenvalue weighted by atomic mass is 10.2. The molecule has 0 bridgehead atoms. The molecule has 33 heavy (non-hydrogen) atoms. The van der Waals surface area contributed by atoms with E-state index >= 15 is 0 Å². The number of rotatable bonds is 6. The molecule has 164 valence electrons. The third kappa shape index (κ3) is 4.46. The molecule has 4 aromatic rings. The van der Waals surface area contributed by atoms with E-state index in [9.17, 15) is 9.59 Å². The zero-order valence-corrected chi connectivity index (χ0v) is 17.8. The van der Waals surface area contributed by atoms with Crippen LogP contribution in [-0.4, -0.2) is 31.5 Å². The maximum Gasteiger partial charge on any atom is 0.326 e. The summed E-state index contributed by atoms with van der Waals surface area (Å²) < 4.78 is 1.63. The maximum absolute atomic E-state index is 12.0. The van der Waals surface area contributed by atoms with Crippen LogP contribution in [0.5, 0.6) is 0 Å². The number of pyridine rings is 1. The van der Waals surface area contributed by atoms with Gasteiger partial charge in [-0.05, 0) is 42.0 Å². The number of urea groups is 1. The van der Waals surface area contributed by atoms with Crippen LogP contribution < -0.4 is 21.3 Å². The Morgan fingerprint density at radius 2 is 1.94 bits per heavy atom. The minimum absolute atomic E-state index is 0.121. The molecule has 0 unspecified atom stereocenters. The van der Waals surface area contributed by atoms with Crippen LogP contribution in [0.3, 0.4) is 0 Å². The molecule has 1 saturated heterocycles. The van der Waals surface area contributed by atoms with Gasteiger partial charge in [-0.3, -0.25) is 15.1 Å². The van der Waals surface area contributed by atoms with Crippen LogP contribution >= 0.6 is 11.6 Å². The summed E-state index contributed by atoms with van der Waals surface area (Å²) in [5.74, 6) is 0.705. The second-order valence-corrected chi connectivity index (χ2v) is 7.61. The Hall–Kier alpha value is -4.44. The van der Waals surface area contributed by atoms with E-state index in [0.29, 0.717) is 34.4 Å². The van der Waals surface area contributed by atoms with Crippen LogP contribution in [0.25, 0.3) is 11.7 Å². The molecule has 1 aromatic carbocycles. The van der Waals surface area contributed by atoms with E-state index in [-0.39, 0.29) is 5.70 Å². The molecule has 3 amide bonds. The molecule has 5 rings (SSSR count). The van der Waals surface area contributed by atoms with Gasteiger partial charge in [0.25, 0.3) is 5.91 Å². The van der Waals surface area contributed by atoms with Gasteiger partial charge < -0.3 is 16.0 Å². The minimum Gasteiger partial charge on any atom is -0.366 e. The number of imide groups is 1. The fraction of sp³-hybridized carbons (Fsp3) is 0.0455. The Morgan fingerprint density at radius 1 is 1.09 bits per heavy atom. The normalized spacial score (nSPS) is 14.4. The molecule has 0 radical (unpaired) electrons. The number of carbonyl (C=O) groups excluding carboxylic acids is 2. The largest absolute Gasteiger partial charge is 0.366 e. The summed E-state index contributed by atoms with van der Waals surface area (Å²) in [6.07, 6.45) is 6.56. The summed E-state index contributed by atoms with van der Waals surface area (Å²) in [5.41, 5.74) is 2.97. The number of benzene rings is 1. The Balaban J connectivity index is 1.55. The number of hydrogen-bond donors (Lipinski definition) is 4. The number of amides is 3. The summed E-state index contributed by atoms with van der Waals surface area (Å²) in [6, 6.07) is 12.4. The molecule has 4 heterocycles. The van der Waals surface area contributed by atoms with Gasteiger partial charge in [0.05, 0.1) is 6.20 Å². The van der Waals surface area contributed by atoms with E-state index in [1.54, 1.807) is 35.2 Å². The topological polar surface area (TPSA) is 125 Å². The van der Waals surface area contributed by atoms with Crippen LogP contribution in [0.15, 0.2) is 66.8 Å². The molecule has 0 spiro atoms. The molecule has 1 fully saturated rings. The fourth-order valence-electron chi connectivity index (χ4n) is 3.32. The van der Waals surface area contributed by atoms with Crippen molar-refractivity contribution in [3.8, 4) is 0 Å². The average Bonchev–Trinajstić information content (AvgIpc) is 3.35. The Morgan fingerprint density at radius 3 is 2.70 bits per heavy atom. The van der Waals surface area contributed by atoms with Crippen LogP contribution in [0.1, 0.15) is 11.1 Å². The van der Waals surface area contributed by atoms with Crippen molar-refractivity contribution in [1.82, 2.24) is 30.2 Å². The molecule has 11 heteroatoms. The van der Waals surface area contributed by atoms with Crippen molar-refractivity contribution in [3.05, 3.63) is 82.9 Å². The quantitative estimate of drug-likeness (QED) is 0.257. The molecule has 0 saturated carbocycles. The van der Waals surface area contributed by atoms with Gasteiger partial charge in [-0.2, -0.15) is 9.61 Å². The zero-order valence-electron chi connectivity index (χ0n) is 17.0. The van der Waals surface area contributed by atoms with Crippen molar-refractivity contribution < 1.29 is 9.59 Å². The number of anilines is 3. The van der Waals surface area contributed by atoms with Crippen molar-refractivity contribution in [2.75, 3.05) is 10.6 Å². The van der Waals surface area contributed by atoms with Crippen molar-refractivity contribution >= 4 is 52.6 Å².